The topological polar surface area (TPSA) is 49.8 Å². The van der Waals surface area contributed by atoms with Crippen molar-refractivity contribution in [3.8, 4) is 0 Å². The van der Waals surface area contributed by atoms with Crippen LogP contribution in [0, 0.1) is 5.92 Å². The Morgan fingerprint density at radius 1 is 1.60 bits per heavy atom. The molecule has 0 saturated carbocycles. The molecule has 0 aliphatic carbocycles. The van der Waals surface area contributed by atoms with Crippen molar-refractivity contribution in [1.82, 2.24) is 4.90 Å². The zero-order valence-electron chi connectivity index (χ0n) is 9.61. The van der Waals surface area contributed by atoms with Gasteiger partial charge in [0.15, 0.2) is 6.10 Å². The first-order valence-electron chi connectivity index (χ1n) is 5.74. The Morgan fingerprint density at radius 3 is 2.80 bits per heavy atom. The maximum atomic E-state index is 10.9. The summed E-state index contributed by atoms with van der Waals surface area (Å²) in [6, 6.07) is 0. The molecule has 1 rings (SSSR count). The number of aliphatic carboxylic acids is 1. The van der Waals surface area contributed by atoms with Crippen LogP contribution in [0.1, 0.15) is 26.7 Å². The zero-order chi connectivity index (χ0) is 11.3. The van der Waals surface area contributed by atoms with Gasteiger partial charge in [-0.15, -0.1) is 0 Å². The molecule has 1 N–H and O–H groups in total. The van der Waals surface area contributed by atoms with E-state index < -0.39 is 12.1 Å². The van der Waals surface area contributed by atoms with Gasteiger partial charge < -0.3 is 9.84 Å². The zero-order valence-corrected chi connectivity index (χ0v) is 9.61. The van der Waals surface area contributed by atoms with E-state index in [0.717, 1.165) is 19.0 Å². The molecule has 0 aromatic heterocycles. The number of carboxylic acids is 1. The Bertz CT molecular complexity index is 208. The van der Waals surface area contributed by atoms with Crippen molar-refractivity contribution >= 4 is 5.97 Å². The van der Waals surface area contributed by atoms with E-state index in [4.69, 9.17) is 9.84 Å². The molecular formula is C11H21NO3. The SMILES string of the molecule is CCOC(CN1CCC(CC)C1)C(=O)O. The summed E-state index contributed by atoms with van der Waals surface area (Å²) in [4.78, 5) is 13.1. The van der Waals surface area contributed by atoms with Crippen LogP contribution in [0.15, 0.2) is 0 Å². The maximum absolute atomic E-state index is 10.9. The fourth-order valence-corrected chi connectivity index (χ4v) is 2.05. The van der Waals surface area contributed by atoms with Gasteiger partial charge in [0.25, 0.3) is 0 Å². The van der Waals surface area contributed by atoms with Crippen LogP contribution in [0.4, 0.5) is 0 Å². The molecule has 1 aliphatic rings. The lowest BCUT2D eigenvalue weighted by Crippen LogP contribution is -2.37. The van der Waals surface area contributed by atoms with E-state index in [-0.39, 0.29) is 0 Å². The highest BCUT2D eigenvalue weighted by molar-refractivity contribution is 5.72. The van der Waals surface area contributed by atoms with Gasteiger partial charge >= 0.3 is 5.97 Å². The molecule has 1 heterocycles. The molecule has 1 saturated heterocycles. The lowest BCUT2D eigenvalue weighted by Gasteiger charge is -2.20. The number of hydrogen-bond acceptors (Lipinski definition) is 3. The average molecular weight is 215 g/mol. The Kier molecular flexibility index (Phi) is 5.05. The summed E-state index contributed by atoms with van der Waals surface area (Å²) < 4.78 is 5.19. The van der Waals surface area contributed by atoms with Gasteiger partial charge in [-0.2, -0.15) is 0 Å². The Morgan fingerprint density at radius 2 is 2.33 bits per heavy atom. The summed E-state index contributed by atoms with van der Waals surface area (Å²) in [5.74, 6) is -0.113. The van der Waals surface area contributed by atoms with Crippen LogP contribution in [0.3, 0.4) is 0 Å². The van der Waals surface area contributed by atoms with E-state index in [0.29, 0.717) is 13.2 Å². The molecule has 4 heteroatoms. The molecule has 0 aromatic carbocycles. The lowest BCUT2D eigenvalue weighted by molar-refractivity contribution is -0.151. The first-order chi connectivity index (χ1) is 7.17. The van der Waals surface area contributed by atoms with Gasteiger partial charge in [0, 0.05) is 19.7 Å². The maximum Gasteiger partial charge on any atom is 0.334 e. The van der Waals surface area contributed by atoms with Gasteiger partial charge in [-0.3, -0.25) is 4.90 Å². The highest BCUT2D eigenvalue weighted by Gasteiger charge is 2.26. The van der Waals surface area contributed by atoms with Gasteiger partial charge in [0.05, 0.1) is 0 Å². The minimum absolute atomic E-state index is 0.460. The largest absolute Gasteiger partial charge is 0.479 e. The number of rotatable bonds is 6. The molecule has 0 spiro atoms. The first kappa shape index (κ1) is 12.5. The third kappa shape index (κ3) is 3.80. The van der Waals surface area contributed by atoms with E-state index in [9.17, 15) is 4.79 Å². The van der Waals surface area contributed by atoms with Crippen LogP contribution in [0.2, 0.25) is 0 Å². The molecule has 0 radical (unpaired) electrons. The summed E-state index contributed by atoms with van der Waals surface area (Å²) >= 11 is 0. The molecule has 1 fully saturated rings. The molecule has 88 valence electrons. The molecule has 2 atom stereocenters. The predicted molar refractivity (Wildman–Crippen MR) is 57.9 cm³/mol. The van der Waals surface area contributed by atoms with E-state index in [1.807, 2.05) is 6.92 Å². The predicted octanol–water partition coefficient (Wildman–Crippen LogP) is 1.21. The summed E-state index contributed by atoms with van der Waals surface area (Å²) in [5, 5.41) is 8.94. The lowest BCUT2D eigenvalue weighted by atomic mass is 10.1. The van der Waals surface area contributed by atoms with Crippen LogP contribution in [-0.2, 0) is 9.53 Å². The Labute approximate surface area is 91.2 Å². The van der Waals surface area contributed by atoms with Crippen LogP contribution in [0.5, 0.6) is 0 Å². The van der Waals surface area contributed by atoms with Crippen LogP contribution in [0.25, 0.3) is 0 Å². The fourth-order valence-electron chi connectivity index (χ4n) is 2.05. The number of hydrogen-bond donors (Lipinski definition) is 1. The van der Waals surface area contributed by atoms with Crippen LogP contribution < -0.4 is 0 Å². The average Bonchev–Trinajstić information content (AvgIpc) is 2.65. The number of carboxylic acid groups (broad SMARTS) is 1. The molecule has 0 aromatic rings. The number of carbonyl (C=O) groups is 1. The summed E-state index contributed by atoms with van der Waals surface area (Å²) in [7, 11) is 0. The quantitative estimate of drug-likeness (QED) is 0.723. The van der Waals surface area contributed by atoms with Crippen LogP contribution >= 0.6 is 0 Å². The van der Waals surface area contributed by atoms with Gasteiger partial charge in [-0.1, -0.05) is 13.3 Å². The third-order valence-corrected chi connectivity index (χ3v) is 3.01. The van der Waals surface area contributed by atoms with E-state index in [2.05, 4.69) is 11.8 Å². The van der Waals surface area contributed by atoms with E-state index in [1.165, 1.54) is 12.8 Å². The van der Waals surface area contributed by atoms with Gasteiger partial charge in [0.1, 0.15) is 0 Å². The van der Waals surface area contributed by atoms with Crippen molar-refractivity contribution in [2.45, 2.75) is 32.8 Å². The second-order valence-electron chi connectivity index (χ2n) is 4.10. The number of ether oxygens (including phenoxy) is 1. The monoisotopic (exact) mass is 215 g/mol. The highest BCUT2D eigenvalue weighted by Crippen LogP contribution is 2.19. The van der Waals surface area contributed by atoms with Crippen molar-refractivity contribution in [2.75, 3.05) is 26.2 Å². The molecule has 2 unspecified atom stereocenters. The van der Waals surface area contributed by atoms with Crippen molar-refractivity contribution in [1.29, 1.82) is 0 Å². The van der Waals surface area contributed by atoms with Crippen molar-refractivity contribution in [2.24, 2.45) is 5.92 Å². The molecule has 1 aliphatic heterocycles. The van der Waals surface area contributed by atoms with Crippen molar-refractivity contribution < 1.29 is 14.6 Å². The standard InChI is InChI=1S/C11H21NO3/c1-3-9-5-6-12(7-9)8-10(11(13)14)15-4-2/h9-10H,3-8H2,1-2H3,(H,13,14). The normalized spacial score (nSPS) is 24.3. The molecular weight excluding hydrogens is 194 g/mol. The van der Waals surface area contributed by atoms with Gasteiger partial charge in [-0.05, 0) is 25.8 Å². The summed E-state index contributed by atoms with van der Waals surface area (Å²) in [6.45, 7) is 7.03. The molecule has 15 heavy (non-hydrogen) atoms. The van der Waals surface area contributed by atoms with Crippen molar-refractivity contribution in [3.05, 3.63) is 0 Å². The number of nitrogens with zero attached hydrogens (tertiary/aromatic N) is 1. The van der Waals surface area contributed by atoms with E-state index >= 15 is 0 Å². The molecule has 4 nitrogen and oxygen atoms in total. The molecule has 0 amide bonds. The van der Waals surface area contributed by atoms with Crippen molar-refractivity contribution in [3.63, 3.8) is 0 Å². The van der Waals surface area contributed by atoms with Crippen LogP contribution in [-0.4, -0.2) is 48.3 Å². The third-order valence-electron chi connectivity index (χ3n) is 3.01. The molecule has 0 bridgehead atoms. The van der Waals surface area contributed by atoms with E-state index in [1.54, 1.807) is 0 Å². The minimum Gasteiger partial charge on any atom is -0.479 e. The Hall–Kier alpha value is -0.610. The minimum atomic E-state index is -0.850. The summed E-state index contributed by atoms with van der Waals surface area (Å²) in [5.41, 5.74) is 0. The second-order valence-corrected chi connectivity index (χ2v) is 4.10. The Balaban J connectivity index is 2.35. The van der Waals surface area contributed by atoms with Gasteiger partial charge in [0.2, 0.25) is 0 Å². The first-order valence-corrected chi connectivity index (χ1v) is 5.74. The number of likely N-dealkylation sites (tertiary alicyclic amines) is 1. The smallest absolute Gasteiger partial charge is 0.334 e. The van der Waals surface area contributed by atoms with Gasteiger partial charge in [-0.25, -0.2) is 4.79 Å². The second kappa shape index (κ2) is 6.08. The highest BCUT2D eigenvalue weighted by atomic mass is 16.5. The fraction of sp³-hybridized carbons (Fsp3) is 0.909. The summed E-state index contributed by atoms with van der Waals surface area (Å²) in [6.07, 6.45) is 1.71.